The molecule has 0 bridgehead atoms. The Bertz CT molecular complexity index is 682. The minimum atomic E-state index is 0. The number of benzene rings is 1. The first-order valence-electron chi connectivity index (χ1n) is 8.95. The Labute approximate surface area is 176 Å². The first kappa shape index (κ1) is 20.9. The predicted octanol–water partition coefficient (Wildman–Crippen LogP) is 3.01. The monoisotopic (exact) mass is 486 g/mol. The zero-order chi connectivity index (χ0) is 17.5. The lowest BCUT2D eigenvalue weighted by atomic mass is 10.2. The highest BCUT2D eigenvalue weighted by Gasteiger charge is 2.21. The lowest BCUT2D eigenvalue weighted by molar-refractivity contribution is 0.372. The van der Waals surface area contributed by atoms with Crippen molar-refractivity contribution in [2.24, 2.45) is 4.99 Å². The normalized spacial score (nSPS) is 14.9. The van der Waals surface area contributed by atoms with E-state index in [-0.39, 0.29) is 24.0 Å². The van der Waals surface area contributed by atoms with Crippen LogP contribution in [0.3, 0.4) is 0 Å². The molecule has 1 aromatic carbocycles. The minimum Gasteiger partial charge on any atom is -0.357 e. The largest absolute Gasteiger partial charge is 0.357 e. The van der Waals surface area contributed by atoms with Crippen LogP contribution in [0.25, 0.3) is 0 Å². The zero-order valence-electron chi connectivity index (χ0n) is 15.4. The molecule has 2 heterocycles. The van der Waals surface area contributed by atoms with E-state index >= 15 is 0 Å². The fourth-order valence-corrected chi connectivity index (χ4v) is 3.60. The molecule has 0 radical (unpaired) electrons. The maximum absolute atomic E-state index is 4.81. The molecule has 6 nitrogen and oxygen atoms in total. The lowest BCUT2D eigenvalue weighted by Gasteiger charge is -2.36. The molecular weight excluding hydrogens is 459 g/mol. The number of piperazine rings is 1. The molecule has 0 aliphatic carbocycles. The summed E-state index contributed by atoms with van der Waals surface area (Å²) in [5.41, 5.74) is 1.23. The molecule has 3 rings (SSSR count). The Morgan fingerprint density at radius 2 is 1.88 bits per heavy atom. The average Bonchev–Trinajstić information content (AvgIpc) is 3.15. The fourth-order valence-electron chi connectivity index (χ4n) is 2.80. The number of rotatable bonds is 5. The van der Waals surface area contributed by atoms with Crippen molar-refractivity contribution in [1.29, 1.82) is 0 Å². The summed E-state index contributed by atoms with van der Waals surface area (Å²) in [5.74, 6) is 1.94. The Hall–Kier alpha value is -1.42. The van der Waals surface area contributed by atoms with Crippen molar-refractivity contribution in [3.8, 4) is 0 Å². The molecular formula is C18H27IN6S. The summed E-state index contributed by atoms with van der Waals surface area (Å²) in [6.07, 6.45) is 0.896. The number of aryl methyl sites for hydroxylation is 1. The summed E-state index contributed by atoms with van der Waals surface area (Å²) in [7, 11) is 0. The molecule has 1 saturated heterocycles. The van der Waals surface area contributed by atoms with Gasteiger partial charge in [0.25, 0.3) is 0 Å². The number of nitrogens with zero attached hydrogens (tertiary/aromatic N) is 5. The van der Waals surface area contributed by atoms with Crippen molar-refractivity contribution < 1.29 is 0 Å². The SMILES string of the molecule is CCNC(=NCc1ccccc1)N1CCN(c2nc(CC)ns2)CC1.I. The Morgan fingerprint density at radius 1 is 1.15 bits per heavy atom. The highest BCUT2D eigenvalue weighted by Crippen LogP contribution is 2.19. The fraction of sp³-hybridized carbons (Fsp3) is 0.500. The van der Waals surface area contributed by atoms with E-state index < -0.39 is 0 Å². The van der Waals surface area contributed by atoms with Crippen LogP contribution >= 0.6 is 35.5 Å². The summed E-state index contributed by atoms with van der Waals surface area (Å²) >= 11 is 1.51. The summed E-state index contributed by atoms with van der Waals surface area (Å²) in [6, 6.07) is 10.4. The van der Waals surface area contributed by atoms with Gasteiger partial charge in [-0.2, -0.15) is 4.37 Å². The Kier molecular flexibility index (Phi) is 8.56. The quantitative estimate of drug-likeness (QED) is 0.400. The third-order valence-corrected chi connectivity index (χ3v) is 5.03. The van der Waals surface area contributed by atoms with Gasteiger partial charge in [-0.25, -0.2) is 9.98 Å². The number of aromatic nitrogens is 2. The Balaban J connectivity index is 0.00000243. The van der Waals surface area contributed by atoms with Gasteiger partial charge in [-0.05, 0) is 12.5 Å². The van der Waals surface area contributed by atoms with Crippen LogP contribution < -0.4 is 10.2 Å². The molecule has 0 amide bonds. The second-order valence-corrected chi connectivity index (χ2v) is 6.71. The van der Waals surface area contributed by atoms with Gasteiger partial charge >= 0.3 is 0 Å². The third-order valence-electron chi connectivity index (χ3n) is 4.21. The van der Waals surface area contributed by atoms with Crippen molar-refractivity contribution in [1.82, 2.24) is 19.6 Å². The number of anilines is 1. The summed E-state index contributed by atoms with van der Waals surface area (Å²) < 4.78 is 4.40. The van der Waals surface area contributed by atoms with Gasteiger partial charge in [-0.1, -0.05) is 37.3 Å². The molecule has 2 aromatic rings. The summed E-state index contributed by atoms with van der Waals surface area (Å²) in [4.78, 5) is 14.1. The number of nitrogens with one attached hydrogen (secondary N) is 1. The molecule has 0 spiro atoms. The molecule has 142 valence electrons. The van der Waals surface area contributed by atoms with Gasteiger partial charge < -0.3 is 15.1 Å². The second-order valence-electron chi connectivity index (χ2n) is 5.98. The van der Waals surface area contributed by atoms with Crippen molar-refractivity contribution in [2.45, 2.75) is 26.8 Å². The molecule has 26 heavy (non-hydrogen) atoms. The van der Waals surface area contributed by atoms with E-state index in [1.54, 1.807) is 0 Å². The van der Waals surface area contributed by atoms with E-state index in [1.165, 1.54) is 17.1 Å². The number of guanidine groups is 1. The number of aliphatic imine (C=N–C) groups is 1. The zero-order valence-corrected chi connectivity index (χ0v) is 18.5. The topological polar surface area (TPSA) is 56.7 Å². The van der Waals surface area contributed by atoms with Gasteiger partial charge in [0, 0.05) is 50.7 Å². The molecule has 0 atom stereocenters. The van der Waals surface area contributed by atoms with Crippen LogP contribution in [0.1, 0.15) is 25.2 Å². The van der Waals surface area contributed by atoms with Crippen LogP contribution in [0.5, 0.6) is 0 Å². The highest BCUT2D eigenvalue weighted by molar-refractivity contribution is 14.0. The van der Waals surface area contributed by atoms with Gasteiger partial charge in [0.1, 0.15) is 5.82 Å². The van der Waals surface area contributed by atoms with Crippen LogP contribution in [0.2, 0.25) is 0 Å². The van der Waals surface area contributed by atoms with Crippen molar-refractivity contribution >= 4 is 46.6 Å². The van der Waals surface area contributed by atoms with Crippen molar-refractivity contribution in [3.05, 3.63) is 41.7 Å². The summed E-state index contributed by atoms with van der Waals surface area (Å²) in [5, 5.41) is 4.47. The number of hydrogen-bond donors (Lipinski definition) is 1. The number of halogens is 1. The minimum absolute atomic E-state index is 0. The molecule has 1 aliphatic rings. The van der Waals surface area contributed by atoms with Crippen molar-refractivity contribution in [3.63, 3.8) is 0 Å². The maximum Gasteiger partial charge on any atom is 0.205 e. The molecule has 1 aromatic heterocycles. The third kappa shape index (κ3) is 5.54. The molecule has 1 aliphatic heterocycles. The van der Waals surface area contributed by atoms with Crippen LogP contribution in [0, 0.1) is 0 Å². The van der Waals surface area contributed by atoms with Crippen LogP contribution in [-0.4, -0.2) is 52.9 Å². The van der Waals surface area contributed by atoms with Gasteiger partial charge in [0.2, 0.25) is 5.13 Å². The highest BCUT2D eigenvalue weighted by atomic mass is 127. The van der Waals surface area contributed by atoms with Crippen molar-refractivity contribution in [2.75, 3.05) is 37.6 Å². The molecule has 0 unspecified atom stereocenters. The molecule has 1 fully saturated rings. The first-order chi connectivity index (χ1) is 12.3. The van der Waals surface area contributed by atoms with Crippen LogP contribution in [0.4, 0.5) is 5.13 Å². The predicted molar refractivity (Wildman–Crippen MR) is 120 cm³/mol. The van der Waals surface area contributed by atoms with E-state index in [2.05, 4.69) is 62.6 Å². The molecule has 0 saturated carbocycles. The molecule has 1 N–H and O–H groups in total. The van der Waals surface area contributed by atoms with Gasteiger partial charge in [0.05, 0.1) is 6.54 Å². The lowest BCUT2D eigenvalue weighted by Crippen LogP contribution is -2.52. The van der Waals surface area contributed by atoms with E-state index in [0.717, 1.165) is 56.1 Å². The van der Waals surface area contributed by atoms with Crippen LogP contribution in [0.15, 0.2) is 35.3 Å². The first-order valence-corrected chi connectivity index (χ1v) is 9.72. The van der Waals surface area contributed by atoms with E-state index in [9.17, 15) is 0 Å². The molecule has 8 heteroatoms. The van der Waals surface area contributed by atoms with Gasteiger partial charge in [0.15, 0.2) is 5.96 Å². The van der Waals surface area contributed by atoms with E-state index in [4.69, 9.17) is 4.99 Å². The van der Waals surface area contributed by atoms with Gasteiger partial charge in [-0.3, -0.25) is 0 Å². The van der Waals surface area contributed by atoms with E-state index in [1.807, 2.05) is 6.07 Å². The Morgan fingerprint density at radius 3 is 2.50 bits per heavy atom. The average molecular weight is 486 g/mol. The van der Waals surface area contributed by atoms with Crippen LogP contribution in [-0.2, 0) is 13.0 Å². The van der Waals surface area contributed by atoms with Gasteiger partial charge in [-0.15, -0.1) is 24.0 Å². The second kappa shape index (κ2) is 10.7. The standard InChI is InChI=1S/C18H26N6S.HI/c1-3-16-21-18(25-22-16)24-12-10-23(11-13-24)17(19-4-2)20-14-15-8-6-5-7-9-15;/h5-9H,3-4,10-14H2,1-2H3,(H,19,20);1H. The number of hydrogen-bond acceptors (Lipinski definition) is 5. The smallest absolute Gasteiger partial charge is 0.205 e. The van der Waals surface area contributed by atoms with E-state index in [0.29, 0.717) is 6.54 Å². The summed E-state index contributed by atoms with van der Waals surface area (Å²) in [6.45, 7) is 9.59. The maximum atomic E-state index is 4.81.